The van der Waals surface area contributed by atoms with Gasteiger partial charge in [0.25, 0.3) is 0 Å². The first kappa shape index (κ1) is 10.8. The van der Waals surface area contributed by atoms with Gasteiger partial charge < -0.3 is 20.9 Å². The molecule has 1 aromatic rings. The van der Waals surface area contributed by atoms with Crippen LogP contribution in [0.1, 0.15) is 0 Å². The summed E-state index contributed by atoms with van der Waals surface area (Å²) in [5.74, 6) is 0.573. The smallest absolute Gasteiger partial charge is 0.171 e. The maximum absolute atomic E-state index is 9.00. The van der Waals surface area contributed by atoms with Crippen molar-refractivity contribution in [2.45, 2.75) is 6.04 Å². The number of anilines is 2. The summed E-state index contributed by atoms with van der Waals surface area (Å²) in [4.78, 5) is 0. The maximum Gasteiger partial charge on any atom is 0.171 e. The molecule has 4 N–H and O–H groups in total. The first-order valence-corrected chi connectivity index (χ1v) is 4.32. The fraction of sp³-hybridized carbons (Fsp3) is 0.625. The van der Waals surface area contributed by atoms with Crippen LogP contribution in [0.5, 0.6) is 0 Å². The molecule has 0 aliphatic carbocycles. The lowest BCUT2D eigenvalue weighted by Crippen LogP contribution is -2.29. The van der Waals surface area contributed by atoms with E-state index in [1.54, 1.807) is 25.0 Å². The van der Waals surface area contributed by atoms with Gasteiger partial charge in [0.15, 0.2) is 5.82 Å². The second-order valence-electron chi connectivity index (χ2n) is 3.09. The Kier molecular flexibility index (Phi) is 3.73. The first-order valence-electron chi connectivity index (χ1n) is 4.32. The minimum atomic E-state index is -0.183. The number of methoxy groups -OCH3 is 1. The summed E-state index contributed by atoms with van der Waals surface area (Å²) in [5, 5.41) is 16.1. The normalized spacial score (nSPS) is 12.8. The van der Waals surface area contributed by atoms with E-state index >= 15 is 0 Å². The Bertz CT molecular complexity index is 287. The number of aliphatic hydroxyl groups excluding tert-OH is 1. The van der Waals surface area contributed by atoms with Crippen LogP contribution in [0.25, 0.3) is 0 Å². The summed E-state index contributed by atoms with van der Waals surface area (Å²) in [6, 6.07) is -0.183. The Hall–Kier alpha value is -1.27. The molecule has 0 saturated heterocycles. The van der Waals surface area contributed by atoms with Crippen molar-refractivity contribution >= 4 is 11.5 Å². The van der Waals surface area contributed by atoms with E-state index in [0.717, 1.165) is 0 Å². The van der Waals surface area contributed by atoms with Crippen LogP contribution < -0.4 is 11.1 Å². The molecule has 0 bridgehead atoms. The zero-order valence-corrected chi connectivity index (χ0v) is 8.40. The highest BCUT2D eigenvalue weighted by Gasteiger charge is 2.10. The van der Waals surface area contributed by atoms with Crippen molar-refractivity contribution in [3.63, 3.8) is 0 Å². The van der Waals surface area contributed by atoms with Crippen LogP contribution in [0, 0.1) is 0 Å². The highest BCUT2D eigenvalue weighted by atomic mass is 16.5. The van der Waals surface area contributed by atoms with Crippen LogP contribution in [0.2, 0.25) is 0 Å². The van der Waals surface area contributed by atoms with Gasteiger partial charge in [-0.15, -0.1) is 0 Å². The van der Waals surface area contributed by atoms with Crippen molar-refractivity contribution in [2.75, 3.05) is 31.4 Å². The zero-order chi connectivity index (χ0) is 10.6. The van der Waals surface area contributed by atoms with E-state index < -0.39 is 0 Å². The van der Waals surface area contributed by atoms with E-state index in [1.165, 1.54) is 0 Å². The molecule has 1 rings (SSSR count). The van der Waals surface area contributed by atoms with Crippen molar-refractivity contribution < 1.29 is 9.84 Å². The Morgan fingerprint density at radius 1 is 1.79 bits per heavy atom. The summed E-state index contributed by atoms with van der Waals surface area (Å²) in [6.45, 7) is 0.385. The van der Waals surface area contributed by atoms with Gasteiger partial charge in [-0.2, -0.15) is 5.10 Å². The molecule has 80 valence electrons. The van der Waals surface area contributed by atoms with Crippen LogP contribution in [0.3, 0.4) is 0 Å². The molecule has 0 saturated carbocycles. The lowest BCUT2D eigenvalue weighted by Gasteiger charge is -2.14. The van der Waals surface area contributed by atoms with Crippen LogP contribution in [0.15, 0.2) is 6.20 Å². The van der Waals surface area contributed by atoms with Gasteiger partial charge >= 0.3 is 0 Å². The van der Waals surface area contributed by atoms with Crippen molar-refractivity contribution in [3.05, 3.63) is 6.20 Å². The number of nitrogen functional groups attached to an aromatic ring is 1. The molecule has 0 spiro atoms. The fourth-order valence-corrected chi connectivity index (χ4v) is 1.15. The van der Waals surface area contributed by atoms with Gasteiger partial charge in [0, 0.05) is 20.4 Å². The summed E-state index contributed by atoms with van der Waals surface area (Å²) >= 11 is 0. The maximum atomic E-state index is 9.00. The van der Waals surface area contributed by atoms with Crippen molar-refractivity contribution in [1.29, 1.82) is 0 Å². The van der Waals surface area contributed by atoms with Crippen LogP contribution in [-0.4, -0.2) is 41.3 Å². The van der Waals surface area contributed by atoms with Gasteiger partial charge in [0.2, 0.25) is 0 Å². The Morgan fingerprint density at radius 2 is 2.50 bits per heavy atom. The van der Waals surface area contributed by atoms with E-state index in [1.807, 2.05) is 0 Å². The first-order chi connectivity index (χ1) is 6.67. The second-order valence-corrected chi connectivity index (χ2v) is 3.09. The largest absolute Gasteiger partial charge is 0.394 e. The van der Waals surface area contributed by atoms with Gasteiger partial charge in [0.05, 0.1) is 24.9 Å². The van der Waals surface area contributed by atoms with E-state index in [2.05, 4.69) is 10.4 Å². The third-order valence-electron chi connectivity index (χ3n) is 1.79. The molecule has 1 heterocycles. The monoisotopic (exact) mass is 200 g/mol. The van der Waals surface area contributed by atoms with E-state index in [-0.39, 0.29) is 12.6 Å². The highest BCUT2D eigenvalue weighted by molar-refractivity contribution is 5.60. The van der Waals surface area contributed by atoms with Crippen LogP contribution in [0.4, 0.5) is 11.5 Å². The SMILES string of the molecule is COCC(CO)Nc1nn(C)cc1N. The molecular weight excluding hydrogens is 184 g/mol. The molecule has 1 aromatic heterocycles. The third-order valence-corrected chi connectivity index (χ3v) is 1.79. The number of rotatable bonds is 5. The number of aryl methyl sites for hydroxylation is 1. The molecule has 0 aliphatic heterocycles. The average Bonchev–Trinajstić information content (AvgIpc) is 2.44. The molecule has 6 heteroatoms. The average molecular weight is 200 g/mol. The number of nitrogens with two attached hydrogens (primary N) is 1. The number of ether oxygens (including phenoxy) is 1. The minimum absolute atomic E-state index is 0.0240. The van der Waals surface area contributed by atoms with Gasteiger partial charge in [-0.05, 0) is 0 Å². The lowest BCUT2D eigenvalue weighted by atomic mass is 10.3. The van der Waals surface area contributed by atoms with Gasteiger partial charge in [0.1, 0.15) is 0 Å². The number of aromatic nitrogens is 2. The molecule has 0 fully saturated rings. The second kappa shape index (κ2) is 4.83. The topological polar surface area (TPSA) is 85.3 Å². The van der Waals surface area contributed by atoms with Gasteiger partial charge in [-0.3, -0.25) is 4.68 Å². The predicted molar refractivity (Wildman–Crippen MR) is 54.0 cm³/mol. The molecule has 0 radical (unpaired) electrons. The van der Waals surface area contributed by atoms with Crippen molar-refractivity contribution in [3.8, 4) is 0 Å². The number of nitrogens with zero attached hydrogens (tertiary/aromatic N) is 2. The summed E-state index contributed by atoms with van der Waals surface area (Å²) in [6.07, 6.45) is 1.70. The van der Waals surface area contributed by atoms with Crippen LogP contribution >= 0.6 is 0 Å². The third kappa shape index (κ3) is 2.61. The standard InChI is InChI=1S/C8H16N4O2/c1-12-3-7(9)8(11-12)10-6(4-13)5-14-2/h3,6,13H,4-5,9H2,1-2H3,(H,10,11). The van der Waals surface area contributed by atoms with E-state index in [4.69, 9.17) is 15.6 Å². The summed E-state index contributed by atoms with van der Waals surface area (Å²) in [7, 11) is 3.36. The number of nitrogens with one attached hydrogen (secondary N) is 1. The van der Waals surface area contributed by atoms with Crippen LogP contribution in [-0.2, 0) is 11.8 Å². The van der Waals surface area contributed by atoms with E-state index in [9.17, 15) is 0 Å². The summed E-state index contributed by atoms with van der Waals surface area (Å²) < 4.78 is 6.53. The Balaban J connectivity index is 2.61. The quantitative estimate of drug-likeness (QED) is 0.592. The molecule has 0 amide bonds. The minimum Gasteiger partial charge on any atom is -0.394 e. The molecule has 0 aliphatic rings. The predicted octanol–water partition coefficient (Wildman–Crippen LogP) is -0.578. The zero-order valence-electron chi connectivity index (χ0n) is 8.40. The molecular formula is C8H16N4O2. The molecule has 0 aromatic carbocycles. The number of aliphatic hydroxyl groups is 1. The molecule has 6 nitrogen and oxygen atoms in total. The highest BCUT2D eigenvalue weighted by Crippen LogP contribution is 2.15. The van der Waals surface area contributed by atoms with Crippen molar-refractivity contribution in [2.24, 2.45) is 7.05 Å². The molecule has 1 unspecified atom stereocenters. The fourth-order valence-electron chi connectivity index (χ4n) is 1.15. The summed E-state index contributed by atoms with van der Waals surface area (Å²) in [5.41, 5.74) is 6.23. The number of hydrogen-bond acceptors (Lipinski definition) is 5. The van der Waals surface area contributed by atoms with E-state index in [0.29, 0.717) is 18.1 Å². The van der Waals surface area contributed by atoms with Gasteiger partial charge in [-0.25, -0.2) is 0 Å². The molecule has 1 atom stereocenters. The Morgan fingerprint density at radius 3 is 2.93 bits per heavy atom. The molecule has 14 heavy (non-hydrogen) atoms. The number of hydrogen-bond donors (Lipinski definition) is 3. The van der Waals surface area contributed by atoms with Crippen molar-refractivity contribution in [1.82, 2.24) is 9.78 Å². The lowest BCUT2D eigenvalue weighted by molar-refractivity contribution is 0.153. The Labute approximate surface area is 82.7 Å². The van der Waals surface area contributed by atoms with Gasteiger partial charge in [-0.1, -0.05) is 0 Å².